The van der Waals surface area contributed by atoms with Crippen molar-refractivity contribution < 1.29 is 19.0 Å². The van der Waals surface area contributed by atoms with Gasteiger partial charge in [0.05, 0.1) is 18.8 Å². The van der Waals surface area contributed by atoms with Gasteiger partial charge >= 0.3 is 0 Å². The van der Waals surface area contributed by atoms with Crippen molar-refractivity contribution in [2.24, 2.45) is 0 Å². The first-order valence-corrected chi connectivity index (χ1v) is 12.1. The van der Waals surface area contributed by atoms with Crippen LogP contribution in [-0.4, -0.2) is 74.4 Å². The highest BCUT2D eigenvalue weighted by atomic mass is 32.1. The molecule has 1 aromatic heterocycles. The summed E-state index contributed by atoms with van der Waals surface area (Å²) in [6, 6.07) is 8.52. The number of methoxy groups -OCH3 is 1. The number of nitrogens with zero attached hydrogens (tertiary/aromatic N) is 3. The van der Waals surface area contributed by atoms with E-state index >= 15 is 0 Å². The third-order valence-corrected chi connectivity index (χ3v) is 7.51. The number of fused-ring (bicyclic) bond motifs is 3. The molecule has 1 N–H and O–H groups in total. The minimum atomic E-state index is -0.0143. The van der Waals surface area contributed by atoms with Gasteiger partial charge in [-0.1, -0.05) is 23.5 Å². The minimum Gasteiger partial charge on any atom is -0.487 e. The Morgan fingerprint density at radius 1 is 1.16 bits per heavy atom. The molecular weight excluding hydrogens is 428 g/mol. The smallest absolute Gasteiger partial charge is 0.260 e. The average molecular weight is 459 g/mol. The van der Waals surface area contributed by atoms with Crippen molar-refractivity contribution >= 4 is 22.4 Å². The van der Waals surface area contributed by atoms with Crippen molar-refractivity contribution in [1.82, 2.24) is 15.2 Å². The maximum Gasteiger partial charge on any atom is 0.260 e. The number of benzene rings is 1. The fraction of sp³-hybridized carbons (Fsp3) is 0.565. The van der Waals surface area contributed by atoms with E-state index in [-0.39, 0.29) is 12.5 Å². The van der Waals surface area contributed by atoms with Gasteiger partial charge in [0.1, 0.15) is 6.61 Å². The zero-order valence-corrected chi connectivity index (χ0v) is 19.2. The molecule has 0 saturated carbocycles. The summed E-state index contributed by atoms with van der Waals surface area (Å²) in [4.78, 5) is 23.5. The lowest BCUT2D eigenvalue weighted by Gasteiger charge is -2.35. The van der Waals surface area contributed by atoms with Gasteiger partial charge in [0.25, 0.3) is 5.91 Å². The zero-order chi connectivity index (χ0) is 21.9. The molecule has 0 spiro atoms. The molecular formula is C23H30N4O4S. The number of ether oxygens (including phenoxy) is 3. The fourth-order valence-electron chi connectivity index (χ4n) is 4.75. The van der Waals surface area contributed by atoms with Gasteiger partial charge in [-0.15, -0.1) is 0 Å². The SMILES string of the molecule is COCCOc1ccccc1OCC(=O)N1CCc2nc(N3C4CCC3CNC4)sc2C1. The Bertz CT molecular complexity index is 936. The predicted octanol–water partition coefficient (Wildman–Crippen LogP) is 2.07. The number of nitrogens with one attached hydrogen (secondary N) is 1. The summed E-state index contributed by atoms with van der Waals surface area (Å²) in [6.07, 6.45) is 3.27. The van der Waals surface area contributed by atoms with Gasteiger partial charge in [-0.3, -0.25) is 4.79 Å². The van der Waals surface area contributed by atoms with E-state index in [1.807, 2.05) is 29.2 Å². The number of piperazine rings is 1. The molecule has 2 aromatic rings. The van der Waals surface area contributed by atoms with Crippen LogP contribution in [0.15, 0.2) is 24.3 Å². The lowest BCUT2D eigenvalue weighted by atomic mass is 10.2. The van der Waals surface area contributed by atoms with Gasteiger partial charge in [0.2, 0.25) is 0 Å². The molecule has 9 heteroatoms. The number of carbonyl (C=O) groups is 1. The number of rotatable bonds is 8. The predicted molar refractivity (Wildman–Crippen MR) is 123 cm³/mol. The van der Waals surface area contributed by atoms with Gasteiger partial charge in [-0.2, -0.15) is 0 Å². The summed E-state index contributed by atoms with van der Waals surface area (Å²) in [5.41, 5.74) is 1.16. The molecule has 1 amide bonds. The van der Waals surface area contributed by atoms with Crippen LogP contribution in [0.25, 0.3) is 0 Å². The average Bonchev–Trinajstić information content (AvgIpc) is 3.34. The fourth-order valence-corrected chi connectivity index (χ4v) is 6.02. The van der Waals surface area contributed by atoms with Crippen molar-refractivity contribution in [3.63, 3.8) is 0 Å². The van der Waals surface area contributed by atoms with Crippen molar-refractivity contribution in [3.05, 3.63) is 34.8 Å². The summed E-state index contributed by atoms with van der Waals surface area (Å²) < 4.78 is 16.5. The van der Waals surface area contributed by atoms with Crippen LogP contribution in [-0.2, 0) is 22.5 Å². The normalized spacial score (nSPS) is 22.0. The maximum absolute atomic E-state index is 12.9. The van der Waals surface area contributed by atoms with Crippen molar-refractivity contribution in [1.29, 1.82) is 0 Å². The highest BCUT2D eigenvalue weighted by Gasteiger charge is 2.39. The first kappa shape index (κ1) is 21.5. The van der Waals surface area contributed by atoms with Crippen molar-refractivity contribution in [2.75, 3.05) is 51.5 Å². The quantitative estimate of drug-likeness (QED) is 0.607. The van der Waals surface area contributed by atoms with Crippen molar-refractivity contribution in [2.45, 2.75) is 37.9 Å². The number of amides is 1. The standard InChI is InChI=1S/C23H30N4O4S/c1-29-10-11-30-19-4-2-3-5-20(19)31-15-22(28)26-9-8-18-21(14-26)32-23(25-18)27-16-6-7-17(27)13-24-12-16/h2-5,16-17,24H,6-15H2,1H3. The number of aromatic nitrogens is 1. The number of thiazole rings is 1. The molecule has 0 radical (unpaired) electrons. The molecule has 3 aliphatic rings. The molecule has 2 bridgehead atoms. The Morgan fingerprint density at radius 3 is 2.66 bits per heavy atom. The highest BCUT2D eigenvalue weighted by Crippen LogP contribution is 2.38. The molecule has 4 heterocycles. The van der Waals surface area contributed by atoms with E-state index in [4.69, 9.17) is 19.2 Å². The summed E-state index contributed by atoms with van der Waals surface area (Å²) in [7, 11) is 1.63. The molecule has 2 unspecified atom stereocenters. The summed E-state index contributed by atoms with van der Waals surface area (Å²) >= 11 is 1.76. The number of para-hydroxylation sites is 2. The number of anilines is 1. The molecule has 2 fully saturated rings. The number of carbonyl (C=O) groups excluding carboxylic acids is 1. The molecule has 1 aromatic carbocycles. The highest BCUT2D eigenvalue weighted by molar-refractivity contribution is 7.15. The number of hydrogen-bond donors (Lipinski definition) is 1. The van der Waals surface area contributed by atoms with E-state index in [0.29, 0.717) is 49.9 Å². The maximum atomic E-state index is 12.9. The van der Waals surface area contributed by atoms with Crippen LogP contribution in [0, 0.1) is 0 Å². The molecule has 2 saturated heterocycles. The van der Waals surface area contributed by atoms with Crippen LogP contribution in [0.3, 0.4) is 0 Å². The summed E-state index contributed by atoms with van der Waals surface area (Å²) in [5.74, 6) is 1.18. The van der Waals surface area contributed by atoms with Gasteiger partial charge in [-0.25, -0.2) is 4.98 Å². The first-order valence-electron chi connectivity index (χ1n) is 11.3. The summed E-state index contributed by atoms with van der Waals surface area (Å²) in [5, 5.41) is 4.66. The van der Waals surface area contributed by atoms with Crippen LogP contribution in [0.1, 0.15) is 23.4 Å². The van der Waals surface area contributed by atoms with Crippen LogP contribution in [0.5, 0.6) is 11.5 Å². The Kier molecular flexibility index (Phi) is 6.47. The van der Waals surface area contributed by atoms with E-state index in [9.17, 15) is 4.79 Å². The Hall–Kier alpha value is -2.36. The lowest BCUT2D eigenvalue weighted by Crippen LogP contribution is -2.51. The second-order valence-corrected chi connectivity index (χ2v) is 9.52. The monoisotopic (exact) mass is 458 g/mol. The Labute approximate surface area is 192 Å². The van der Waals surface area contributed by atoms with Crippen LogP contribution in [0.4, 0.5) is 5.13 Å². The van der Waals surface area contributed by atoms with E-state index in [2.05, 4.69) is 10.2 Å². The molecule has 3 aliphatic heterocycles. The van der Waals surface area contributed by atoms with E-state index < -0.39 is 0 Å². The van der Waals surface area contributed by atoms with E-state index in [1.165, 1.54) is 17.7 Å². The molecule has 8 nitrogen and oxygen atoms in total. The third kappa shape index (κ3) is 4.42. The summed E-state index contributed by atoms with van der Waals surface area (Å²) in [6.45, 7) is 4.30. The van der Waals surface area contributed by atoms with Crippen molar-refractivity contribution in [3.8, 4) is 11.5 Å². The lowest BCUT2D eigenvalue weighted by molar-refractivity contribution is -0.134. The molecule has 32 heavy (non-hydrogen) atoms. The van der Waals surface area contributed by atoms with Crippen LogP contribution < -0.4 is 19.7 Å². The Morgan fingerprint density at radius 2 is 1.91 bits per heavy atom. The number of hydrogen-bond acceptors (Lipinski definition) is 8. The topological polar surface area (TPSA) is 76.2 Å². The minimum absolute atomic E-state index is 0.00636. The van der Waals surface area contributed by atoms with E-state index in [0.717, 1.165) is 30.3 Å². The van der Waals surface area contributed by atoms with E-state index in [1.54, 1.807) is 18.4 Å². The first-order chi connectivity index (χ1) is 15.7. The van der Waals surface area contributed by atoms with Gasteiger partial charge in [0.15, 0.2) is 23.2 Å². The zero-order valence-electron chi connectivity index (χ0n) is 18.4. The molecule has 172 valence electrons. The Balaban J connectivity index is 1.19. The third-order valence-electron chi connectivity index (χ3n) is 6.42. The molecule has 2 atom stereocenters. The van der Waals surface area contributed by atoms with Crippen LogP contribution in [0.2, 0.25) is 0 Å². The van der Waals surface area contributed by atoms with Gasteiger partial charge in [0, 0.05) is 50.1 Å². The molecule has 5 rings (SSSR count). The molecule has 0 aliphatic carbocycles. The second kappa shape index (κ2) is 9.64. The van der Waals surface area contributed by atoms with Gasteiger partial charge in [-0.05, 0) is 25.0 Å². The second-order valence-electron chi connectivity index (χ2n) is 8.46. The van der Waals surface area contributed by atoms with Crippen LogP contribution >= 0.6 is 11.3 Å². The van der Waals surface area contributed by atoms with Gasteiger partial charge < -0.3 is 29.3 Å². The largest absolute Gasteiger partial charge is 0.487 e.